The molecule has 4 heteroatoms. The van der Waals surface area contributed by atoms with Crippen LogP contribution < -0.4 is 5.43 Å². The Bertz CT molecular complexity index is 626. The molecule has 0 fully saturated rings. The Balaban J connectivity index is 2.73. The Hall–Kier alpha value is -1.87. The number of halogens is 1. The van der Waals surface area contributed by atoms with Crippen molar-refractivity contribution in [1.29, 1.82) is 0 Å². The summed E-state index contributed by atoms with van der Waals surface area (Å²) in [6.07, 6.45) is 4.56. The largest absolute Gasteiger partial charge is 0.463 e. The number of hydrogen-bond donors (Lipinski definition) is 0. The number of aldehydes is 1. The van der Waals surface area contributed by atoms with Gasteiger partial charge in [0.2, 0.25) is 0 Å². The summed E-state index contributed by atoms with van der Waals surface area (Å²) >= 11 is 5.79. The Kier molecular flexibility index (Phi) is 2.88. The van der Waals surface area contributed by atoms with Gasteiger partial charge in [0, 0.05) is 5.02 Å². The number of fused-ring (bicyclic) bond motifs is 1. The smallest absolute Gasteiger partial charge is 0.199 e. The second-order valence-corrected chi connectivity index (χ2v) is 3.59. The summed E-state index contributed by atoms with van der Waals surface area (Å²) in [6, 6.07) is 4.82. The van der Waals surface area contributed by atoms with Crippen LogP contribution in [0.5, 0.6) is 0 Å². The molecule has 0 spiro atoms. The minimum absolute atomic E-state index is 0.207. The predicted molar refractivity (Wildman–Crippen MR) is 62.6 cm³/mol. The first-order valence-electron chi connectivity index (χ1n) is 4.55. The summed E-state index contributed by atoms with van der Waals surface area (Å²) in [5.74, 6) is 0. The molecule has 0 atom stereocenters. The van der Waals surface area contributed by atoms with Gasteiger partial charge in [-0.25, -0.2) is 0 Å². The first kappa shape index (κ1) is 10.6. The molecule has 2 rings (SSSR count). The van der Waals surface area contributed by atoms with Crippen molar-refractivity contribution in [3.63, 3.8) is 0 Å². The number of rotatable bonds is 2. The van der Waals surface area contributed by atoms with E-state index >= 15 is 0 Å². The molecular weight excluding hydrogens is 228 g/mol. The summed E-state index contributed by atoms with van der Waals surface area (Å²) in [7, 11) is 0. The summed E-state index contributed by atoms with van der Waals surface area (Å²) in [4.78, 5) is 22.1. The zero-order valence-corrected chi connectivity index (χ0v) is 8.90. The normalized spacial score (nSPS) is 11.1. The number of benzene rings is 1. The fourth-order valence-electron chi connectivity index (χ4n) is 1.38. The van der Waals surface area contributed by atoms with Crippen molar-refractivity contribution in [2.45, 2.75) is 0 Å². The molecule has 0 N–H and O–H groups in total. The Morgan fingerprint density at radius 1 is 1.31 bits per heavy atom. The maximum absolute atomic E-state index is 11.9. The standard InChI is InChI=1S/C12H7ClO3/c13-9-3-4-11-10(6-9)12(15)8(7-16-11)2-1-5-14/h1-7H/b2-1+. The van der Waals surface area contributed by atoms with Gasteiger partial charge in [-0.05, 0) is 30.4 Å². The molecular formula is C12H7ClO3. The van der Waals surface area contributed by atoms with E-state index in [0.29, 0.717) is 27.8 Å². The van der Waals surface area contributed by atoms with Crippen LogP contribution in [0.1, 0.15) is 5.56 Å². The minimum atomic E-state index is -0.207. The number of carbonyl (C=O) groups excluding carboxylic acids is 1. The molecule has 0 aliphatic rings. The predicted octanol–water partition coefficient (Wildman–Crippen LogP) is 2.66. The summed E-state index contributed by atoms with van der Waals surface area (Å²) < 4.78 is 5.25. The topological polar surface area (TPSA) is 47.3 Å². The van der Waals surface area contributed by atoms with Gasteiger partial charge in [0.05, 0.1) is 10.9 Å². The summed E-state index contributed by atoms with van der Waals surface area (Å²) in [5.41, 5.74) is 0.585. The summed E-state index contributed by atoms with van der Waals surface area (Å²) in [6.45, 7) is 0. The van der Waals surface area contributed by atoms with Crippen molar-refractivity contribution < 1.29 is 9.21 Å². The average Bonchev–Trinajstić information content (AvgIpc) is 2.29. The molecule has 80 valence electrons. The van der Waals surface area contributed by atoms with Gasteiger partial charge in [0.25, 0.3) is 0 Å². The lowest BCUT2D eigenvalue weighted by Gasteiger charge is -1.98. The van der Waals surface area contributed by atoms with Gasteiger partial charge in [0.15, 0.2) is 5.43 Å². The number of allylic oxidation sites excluding steroid dienone is 1. The first-order chi connectivity index (χ1) is 7.72. The van der Waals surface area contributed by atoms with Crippen molar-refractivity contribution >= 4 is 34.9 Å². The maximum atomic E-state index is 11.9. The van der Waals surface area contributed by atoms with Gasteiger partial charge in [-0.2, -0.15) is 0 Å². The SMILES string of the molecule is O=C/C=C/c1coc2ccc(Cl)cc2c1=O. The van der Waals surface area contributed by atoms with E-state index in [0.717, 1.165) is 0 Å². The molecule has 0 unspecified atom stereocenters. The molecule has 2 aromatic rings. The highest BCUT2D eigenvalue weighted by Crippen LogP contribution is 2.17. The molecule has 0 saturated heterocycles. The molecule has 0 radical (unpaired) electrons. The van der Waals surface area contributed by atoms with E-state index in [2.05, 4.69) is 0 Å². The molecule has 16 heavy (non-hydrogen) atoms. The maximum Gasteiger partial charge on any atom is 0.199 e. The van der Waals surface area contributed by atoms with Crippen LogP contribution in [-0.2, 0) is 4.79 Å². The van der Waals surface area contributed by atoms with Gasteiger partial charge < -0.3 is 4.42 Å². The Morgan fingerprint density at radius 3 is 2.88 bits per heavy atom. The molecule has 0 aliphatic carbocycles. The number of hydrogen-bond acceptors (Lipinski definition) is 3. The lowest BCUT2D eigenvalue weighted by molar-refractivity contribution is -0.104. The van der Waals surface area contributed by atoms with E-state index in [1.165, 1.54) is 18.4 Å². The van der Waals surface area contributed by atoms with Crippen molar-refractivity contribution in [3.8, 4) is 0 Å². The third kappa shape index (κ3) is 1.90. The fraction of sp³-hybridized carbons (Fsp3) is 0. The van der Waals surface area contributed by atoms with Crippen LogP contribution in [0.2, 0.25) is 5.02 Å². The third-order valence-electron chi connectivity index (χ3n) is 2.12. The van der Waals surface area contributed by atoms with E-state index in [9.17, 15) is 9.59 Å². The molecule has 0 amide bonds. The highest BCUT2D eigenvalue weighted by atomic mass is 35.5. The average molecular weight is 235 g/mol. The van der Waals surface area contributed by atoms with E-state index in [1.807, 2.05) is 0 Å². The first-order valence-corrected chi connectivity index (χ1v) is 4.93. The van der Waals surface area contributed by atoms with Crippen LogP contribution in [0, 0.1) is 0 Å². The minimum Gasteiger partial charge on any atom is -0.463 e. The van der Waals surface area contributed by atoms with Crippen molar-refractivity contribution in [1.82, 2.24) is 0 Å². The second-order valence-electron chi connectivity index (χ2n) is 3.16. The van der Waals surface area contributed by atoms with Crippen LogP contribution in [0.25, 0.3) is 17.0 Å². The molecule has 0 aliphatic heterocycles. The monoisotopic (exact) mass is 234 g/mol. The van der Waals surface area contributed by atoms with Crippen molar-refractivity contribution in [2.75, 3.05) is 0 Å². The lowest BCUT2D eigenvalue weighted by atomic mass is 10.1. The molecule has 0 bridgehead atoms. The molecule has 0 saturated carbocycles. The van der Waals surface area contributed by atoms with E-state index in [-0.39, 0.29) is 5.43 Å². The van der Waals surface area contributed by atoms with E-state index in [4.69, 9.17) is 16.0 Å². The van der Waals surface area contributed by atoms with Crippen LogP contribution in [0.15, 0.2) is 39.7 Å². The molecule has 3 nitrogen and oxygen atoms in total. The zero-order valence-electron chi connectivity index (χ0n) is 8.14. The highest BCUT2D eigenvalue weighted by molar-refractivity contribution is 6.31. The highest BCUT2D eigenvalue weighted by Gasteiger charge is 2.04. The molecule has 1 aromatic heterocycles. The van der Waals surface area contributed by atoms with Gasteiger partial charge >= 0.3 is 0 Å². The van der Waals surface area contributed by atoms with Crippen LogP contribution in [-0.4, -0.2) is 6.29 Å². The van der Waals surface area contributed by atoms with Gasteiger partial charge in [-0.1, -0.05) is 11.6 Å². The van der Waals surface area contributed by atoms with Crippen LogP contribution >= 0.6 is 11.6 Å². The van der Waals surface area contributed by atoms with Crippen molar-refractivity contribution in [2.24, 2.45) is 0 Å². The quantitative estimate of drug-likeness (QED) is 0.593. The third-order valence-corrected chi connectivity index (χ3v) is 2.35. The van der Waals surface area contributed by atoms with Crippen LogP contribution in [0.3, 0.4) is 0 Å². The van der Waals surface area contributed by atoms with Crippen molar-refractivity contribution in [3.05, 3.63) is 51.3 Å². The second kappa shape index (κ2) is 4.33. The lowest BCUT2D eigenvalue weighted by Crippen LogP contribution is -2.04. The molecule has 1 heterocycles. The Labute approximate surface area is 95.9 Å². The van der Waals surface area contributed by atoms with Gasteiger partial charge in [-0.15, -0.1) is 0 Å². The zero-order chi connectivity index (χ0) is 11.5. The van der Waals surface area contributed by atoms with E-state index < -0.39 is 0 Å². The van der Waals surface area contributed by atoms with Crippen LogP contribution in [0.4, 0.5) is 0 Å². The summed E-state index contributed by atoms with van der Waals surface area (Å²) in [5, 5.41) is 0.872. The Morgan fingerprint density at radius 2 is 2.12 bits per heavy atom. The van der Waals surface area contributed by atoms with E-state index in [1.54, 1.807) is 18.2 Å². The fourth-order valence-corrected chi connectivity index (χ4v) is 1.55. The molecule has 1 aromatic carbocycles. The van der Waals surface area contributed by atoms with Gasteiger partial charge in [0.1, 0.15) is 18.1 Å². The van der Waals surface area contributed by atoms with Gasteiger partial charge in [-0.3, -0.25) is 9.59 Å². The number of carbonyl (C=O) groups is 1.